The molecule has 2 aromatic rings. The van der Waals surface area contributed by atoms with Gasteiger partial charge in [0.25, 0.3) is 0 Å². The van der Waals surface area contributed by atoms with Gasteiger partial charge in [0.05, 0.1) is 10.0 Å². The second-order valence-electron chi connectivity index (χ2n) is 5.91. The minimum atomic E-state index is 0. The fraction of sp³-hybridized carbons (Fsp3) is 0.333. The third kappa shape index (κ3) is 3.28. The molecule has 2 atom stereocenters. The number of hydrogen-bond acceptors (Lipinski definition) is 1. The van der Waals surface area contributed by atoms with Crippen molar-refractivity contribution >= 4 is 35.6 Å². The molecule has 0 radical (unpaired) electrons. The van der Waals surface area contributed by atoms with E-state index in [0.29, 0.717) is 22.0 Å². The van der Waals surface area contributed by atoms with E-state index in [9.17, 15) is 0 Å². The summed E-state index contributed by atoms with van der Waals surface area (Å²) in [4.78, 5) is 2.31. The average Bonchev–Trinajstić information content (AvgIpc) is 2.49. The highest BCUT2D eigenvalue weighted by Gasteiger charge is 2.29. The normalized spacial score (nSPS) is 20.4. The highest BCUT2D eigenvalue weighted by Crippen LogP contribution is 2.43. The van der Waals surface area contributed by atoms with Crippen LogP contribution in [-0.4, -0.2) is 19.0 Å². The standard InChI is InChI=1S/C18H19Cl2N.ClH/c1-21(2)18-10-8-13(14-5-3-4-6-15(14)18)12-7-9-16(19)17(20)11-12;/h3-7,9,11,13,18H,8,10H2,1-2H3;1H/t13-,18-;/m0./s1. The quantitative estimate of drug-likeness (QED) is 0.643. The maximum atomic E-state index is 6.20. The SMILES string of the molecule is CN(C)[C@H]1CC[C@@H](c2ccc(Cl)c(Cl)c2)c2ccccc21.Cl. The zero-order valence-corrected chi connectivity index (χ0v) is 15.1. The predicted molar refractivity (Wildman–Crippen MR) is 97.7 cm³/mol. The molecular formula is C18H20Cl3N. The molecule has 0 saturated carbocycles. The van der Waals surface area contributed by atoms with Crippen LogP contribution in [-0.2, 0) is 0 Å². The van der Waals surface area contributed by atoms with Crippen LogP contribution in [0.3, 0.4) is 0 Å². The van der Waals surface area contributed by atoms with Gasteiger partial charge >= 0.3 is 0 Å². The van der Waals surface area contributed by atoms with Crippen molar-refractivity contribution in [1.29, 1.82) is 0 Å². The van der Waals surface area contributed by atoms with Gasteiger partial charge in [0.1, 0.15) is 0 Å². The van der Waals surface area contributed by atoms with Crippen molar-refractivity contribution in [2.75, 3.05) is 14.1 Å². The molecule has 0 aromatic heterocycles. The molecule has 0 heterocycles. The summed E-state index contributed by atoms with van der Waals surface area (Å²) in [7, 11) is 4.31. The Morgan fingerprint density at radius 3 is 2.23 bits per heavy atom. The van der Waals surface area contributed by atoms with Crippen molar-refractivity contribution < 1.29 is 0 Å². The van der Waals surface area contributed by atoms with Crippen molar-refractivity contribution in [3.05, 3.63) is 69.2 Å². The maximum absolute atomic E-state index is 6.20. The summed E-state index contributed by atoms with van der Waals surface area (Å²) in [6.07, 6.45) is 2.30. The summed E-state index contributed by atoms with van der Waals surface area (Å²) in [5, 5.41) is 1.26. The third-order valence-electron chi connectivity index (χ3n) is 4.43. The summed E-state index contributed by atoms with van der Waals surface area (Å²) < 4.78 is 0. The summed E-state index contributed by atoms with van der Waals surface area (Å²) in [5.74, 6) is 0.409. The van der Waals surface area contributed by atoms with Crippen molar-refractivity contribution in [2.24, 2.45) is 0 Å². The Kier molecular flexibility index (Phi) is 5.79. The lowest BCUT2D eigenvalue weighted by molar-refractivity contribution is 0.263. The Bertz CT molecular complexity index is 655. The minimum absolute atomic E-state index is 0. The van der Waals surface area contributed by atoms with Crippen LogP contribution in [0.15, 0.2) is 42.5 Å². The molecule has 118 valence electrons. The molecule has 1 aliphatic rings. The topological polar surface area (TPSA) is 3.24 Å². The van der Waals surface area contributed by atoms with E-state index in [2.05, 4.69) is 49.3 Å². The van der Waals surface area contributed by atoms with Crippen LogP contribution in [0.2, 0.25) is 10.0 Å². The fourth-order valence-corrected chi connectivity index (χ4v) is 3.69. The van der Waals surface area contributed by atoms with Crippen LogP contribution in [0.5, 0.6) is 0 Å². The number of halogens is 3. The number of rotatable bonds is 2. The molecule has 0 saturated heterocycles. The number of benzene rings is 2. The molecule has 0 aliphatic heterocycles. The van der Waals surface area contributed by atoms with Gasteiger partial charge in [0, 0.05) is 12.0 Å². The van der Waals surface area contributed by atoms with Crippen molar-refractivity contribution in [2.45, 2.75) is 24.8 Å². The number of nitrogens with zero attached hydrogens (tertiary/aromatic N) is 1. The molecule has 0 bridgehead atoms. The van der Waals surface area contributed by atoms with Crippen LogP contribution in [0.25, 0.3) is 0 Å². The zero-order chi connectivity index (χ0) is 15.0. The summed E-state index contributed by atoms with van der Waals surface area (Å²) in [5.41, 5.74) is 4.11. The second-order valence-corrected chi connectivity index (χ2v) is 6.73. The van der Waals surface area contributed by atoms with Crippen LogP contribution in [0.4, 0.5) is 0 Å². The van der Waals surface area contributed by atoms with Gasteiger partial charge in [-0.15, -0.1) is 12.4 Å². The van der Waals surface area contributed by atoms with E-state index < -0.39 is 0 Å². The second kappa shape index (κ2) is 7.23. The van der Waals surface area contributed by atoms with E-state index in [1.807, 2.05) is 12.1 Å². The third-order valence-corrected chi connectivity index (χ3v) is 5.17. The first-order valence-electron chi connectivity index (χ1n) is 7.28. The van der Waals surface area contributed by atoms with E-state index in [4.69, 9.17) is 23.2 Å². The zero-order valence-electron chi connectivity index (χ0n) is 12.7. The summed E-state index contributed by atoms with van der Waals surface area (Å²) in [6.45, 7) is 0. The highest BCUT2D eigenvalue weighted by molar-refractivity contribution is 6.42. The van der Waals surface area contributed by atoms with Crippen LogP contribution < -0.4 is 0 Å². The summed E-state index contributed by atoms with van der Waals surface area (Å²) >= 11 is 12.2. The van der Waals surface area contributed by atoms with Crippen LogP contribution >= 0.6 is 35.6 Å². The molecule has 0 N–H and O–H groups in total. The van der Waals surface area contributed by atoms with Crippen LogP contribution in [0.1, 0.15) is 41.5 Å². The lowest BCUT2D eigenvalue weighted by Crippen LogP contribution is -2.26. The predicted octanol–water partition coefficient (Wildman–Crippen LogP) is 5.94. The van der Waals surface area contributed by atoms with Crippen molar-refractivity contribution in [3.63, 3.8) is 0 Å². The minimum Gasteiger partial charge on any atom is -0.302 e. The van der Waals surface area contributed by atoms with Crippen molar-refractivity contribution in [1.82, 2.24) is 4.90 Å². The monoisotopic (exact) mass is 355 g/mol. The van der Waals surface area contributed by atoms with Gasteiger partial charge < -0.3 is 4.90 Å². The molecule has 0 amide bonds. The lowest BCUT2D eigenvalue weighted by atomic mass is 9.76. The van der Waals surface area contributed by atoms with E-state index in [-0.39, 0.29) is 12.4 Å². The molecule has 0 unspecified atom stereocenters. The largest absolute Gasteiger partial charge is 0.302 e. The van der Waals surface area contributed by atoms with Gasteiger partial charge in [-0.25, -0.2) is 0 Å². The van der Waals surface area contributed by atoms with Gasteiger partial charge in [0.2, 0.25) is 0 Å². The molecule has 0 fully saturated rings. The first-order chi connectivity index (χ1) is 10.1. The Morgan fingerprint density at radius 2 is 1.59 bits per heavy atom. The molecule has 2 aromatic carbocycles. The fourth-order valence-electron chi connectivity index (χ4n) is 3.38. The molecule has 22 heavy (non-hydrogen) atoms. The lowest BCUT2D eigenvalue weighted by Gasteiger charge is -2.35. The Balaban J connectivity index is 0.00000176. The van der Waals surface area contributed by atoms with Gasteiger partial charge in [-0.2, -0.15) is 0 Å². The smallest absolute Gasteiger partial charge is 0.0595 e. The van der Waals surface area contributed by atoms with Gasteiger partial charge in [-0.05, 0) is 55.8 Å². The maximum Gasteiger partial charge on any atom is 0.0595 e. The Labute approximate surface area is 148 Å². The number of hydrogen-bond donors (Lipinski definition) is 0. The Hall–Kier alpha value is -0.730. The first kappa shape index (κ1) is 17.6. The molecular weight excluding hydrogens is 337 g/mol. The van der Waals surface area contributed by atoms with Crippen molar-refractivity contribution in [3.8, 4) is 0 Å². The molecule has 3 rings (SSSR count). The Morgan fingerprint density at radius 1 is 0.909 bits per heavy atom. The van der Waals surface area contributed by atoms with E-state index in [1.165, 1.54) is 16.7 Å². The average molecular weight is 357 g/mol. The first-order valence-corrected chi connectivity index (χ1v) is 8.03. The van der Waals surface area contributed by atoms with Crippen LogP contribution in [0, 0.1) is 0 Å². The van der Waals surface area contributed by atoms with E-state index >= 15 is 0 Å². The summed E-state index contributed by atoms with van der Waals surface area (Å²) in [6, 6.07) is 15.3. The number of fused-ring (bicyclic) bond motifs is 1. The molecule has 0 spiro atoms. The highest BCUT2D eigenvalue weighted by atomic mass is 35.5. The molecule has 1 aliphatic carbocycles. The van der Waals surface area contributed by atoms with E-state index in [1.54, 1.807) is 0 Å². The van der Waals surface area contributed by atoms with E-state index in [0.717, 1.165) is 12.8 Å². The van der Waals surface area contributed by atoms with Gasteiger partial charge in [-0.1, -0.05) is 53.5 Å². The van der Waals surface area contributed by atoms with Gasteiger partial charge in [0.15, 0.2) is 0 Å². The van der Waals surface area contributed by atoms with Gasteiger partial charge in [-0.3, -0.25) is 0 Å². The molecule has 1 nitrogen and oxygen atoms in total. The molecule has 4 heteroatoms.